The van der Waals surface area contributed by atoms with Crippen molar-refractivity contribution in [3.8, 4) is 0 Å². The molecule has 0 bridgehead atoms. The van der Waals surface area contributed by atoms with Crippen LogP contribution in [-0.2, 0) is 9.59 Å². The van der Waals surface area contributed by atoms with Crippen molar-refractivity contribution in [2.24, 2.45) is 5.73 Å². The summed E-state index contributed by atoms with van der Waals surface area (Å²) in [5, 5.41) is 22.0. The fraction of sp³-hybridized carbons (Fsp3) is 0.700. The lowest BCUT2D eigenvalue weighted by Gasteiger charge is -2.26. The van der Waals surface area contributed by atoms with E-state index >= 15 is 0 Å². The number of hydrogen-bond acceptors (Lipinski definition) is 4. The normalized spacial score (nSPS) is 12.6. The van der Waals surface area contributed by atoms with Crippen LogP contribution in [0.3, 0.4) is 0 Å². The Labute approximate surface area is 105 Å². The van der Waals surface area contributed by atoms with Gasteiger partial charge in [-0.1, -0.05) is 0 Å². The van der Waals surface area contributed by atoms with Crippen LogP contribution in [0.25, 0.3) is 0 Å². The lowest BCUT2D eigenvalue weighted by molar-refractivity contribution is -0.139. The minimum absolute atomic E-state index is 0.0713. The van der Waals surface area contributed by atoms with Crippen LogP contribution in [0.4, 0.5) is 4.79 Å². The van der Waals surface area contributed by atoms with Crippen molar-refractivity contribution in [1.29, 1.82) is 0 Å². The second kappa shape index (κ2) is 6.80. The number of amides is 3. The van der Waals surface area contributed by atoms with E-state index in [0.717, 1.165) is 0 Å². The molecule has 0 aromatic heterocycles. The summed E-state index contributed by atoms with van der Waals surface area (Å²) in [5.74, 6) is -1.82. The predicted molar refractivity (Wildman–Crippen MR) is 62.7 cm³/mol. The van der Waals surface area contributed by atoms with Gasteiger partial charge in [-0.25, -0.2) is 9.59 Å². The summed E-state index contributed by atoms with van der Waals surface area (Å²) in [6.45, 7) is 2.81. The number of nitrogens with two attached hydrogens (primary N) is 1. The zero-order valence-corrected chi connectivity index (χ0v) is 10.4. The largest absolute Gasteiger partial charge is 0.480 e. The molecule has 0 fully saturated rings. The number of rotatable bonds is 7. The number of carboxylic acid groups (broad SMARTS) is 1. The number of primary amides is 1. The van der Waals surface area contributed by atoms with Crippen LogP contribution in [0, 0.1) is 0 Å². The molecular weight excluding hydrogens is 242 g/mol. The average molecular weight is 261 g/mol. The molecule has 104 valence electrons. The Morgan fingerprint density at radius 2 is 1.89 bits per heavy atom. The van der Waals surface area contributed by atoms with Gasteiger partial charge in [-0.05, 0) is 13.8 Å². The molecule has 0 aliphatic carbocycles. The molecule has 1 atom stereocenters. The molecule has 0 aliphatic rings. The van der Waals surface area contributed by atoms with Crippen LogP contribution < -0.4 is 16.4 Å². The topological polar surface area (TPSA) is 142 Å². The number of carbonyl (C=O) groups is 3. The first kappa shape index (κ1) is 16.2. The zero-order valence-electron chi connectivity index (χ0n) is 10.4. The van der Waals surface area contributed by atoms with Crippen molar-refractivity contribution in [2.45, 2.75) is 38.3 Å². The van der Waals surface area contributed by atoms with E-state index in [2.05, 4.69) is 10.6 Å². The van der Waals surface area contributed by atoms with Gasteiger partial charge in [0, 0.05) is 25.0 Å². The molecular formula is C10H19N3O5. The Bertz CT molecular complexity index is 329. The molecule has 0 rings (SSSR count). The van der Waals surface area contributed by atoms with Gasteiger partial charge in [0.2, 0.25) is 5.91 Å². The number of urea groups is 1. The molecule has 0 aliphatic heterocycles. The number of aliphatic carboxylic acids is 1. The van der Waals surface area contributed by atoms with Gasteiger partial charge < -0.3 is 26.6 Å². The summed E-state index contributed by atoms with van der Waals surface area (Å²) >= 11 is 0. The maximum atomic E-state index is 11.5. The van der Waals surface area contributed by atoms with Crippen LogP contribution >= 0.6 is 0 Å². The molecule has 0 heterocycles. The highest BCUT2D eigenvalue weighted by molar-refractivity contribution is 5.83. The van der Waals surface area contributed by atoms with Gasteiger partial charge >= 0.3 is 12.0 Å². The van der Waals surface area contributed by atoms with Gasteiger partial charge in [0.15, 0.2) is 0 Å². The number of carboxylic acids is 1. The van der Waals surface area contributed by atoms with Crippen molar-refractivity contribution >= 4 is 17.9 Å². The lowest BCUT2D eigenvalue weighted by atomic mass is 10.0. The summed E-state index contributed by atoms with van der Waals surface area (Å²) in [7, 11) is 0. The van der Waals surface area contributed by atoms with E-state index in [1.165, 1.54) is 0 Å². The molecule has 0 radical (unpaired) electrons. The zero-order chi connectivity index (χ0) is 14.3. The highest BCUT2D eigenvalue weighted by Gasteiger charge is 2.25. The summed E-state index contributed by atoms with van der Waals surface area (Å²) < 4.78 is 0. The molecule has 0 saturated heterocycles. The Morgan fingerprint density at radius 3 is 2.28 bits per heavy atom. The van der Waals surface area contributed by atoms with E-state index in [1.54, 1.807) is 13.8 Å². The lowest BCUT2D eigenvalue weighted by Crippen LogP contribution is -2.54. The van der Waals surface area contributed by atoms with Crippen molar-refractivity contribution in [2.75, 3.05) is 6.61 Å². The van der Waals surface area contributed by atoms with Crippen LogP contribution in [0.1, 0.15) is 26.7 Å². The summed E-state index contributed by atoms with van der Waals surface area (Å²) in [6, 6.07) is -1.92. The Balaban J connectivity index is 4.39. The Kier molecular flexibility index (Phi) is 6.11. The maximum absolute atomic E-state index is 11.5. The molecule has 0 saturated carbocycles. The molecule has 8 heteroatoms. The molecule has 0 spiro atoms. The molecule has 0 aromatic carbocycles. The van der Waals surface area contributed by atoms with Crippen LogP contribution in [-0.4, -0.2) is 46.3 Å². The van der Waals surface area contributed by atoms with Crippen LogP contribution in [0.5, 0.6) is 0 Å². The van der Waals surface area contributed by atoms with E-state index in [1.807, 2.05) is 0 Å². The highest BCUT2D eigenvalue weighted by atomic mass is 16.4. The van der Waals surface area contributed by atoms with Gasteiger partial charge in [-0.15, -0.1) is 0 Å². The SMILES string of the molecule is CC(C)(CC(N)=O)NC(=O)N[C@H](CCO)C(=O)O. The Morgan fingerprint density at radius 1 is 1.33 bits per heavy atom. The number of hydrogen-bond donors (Lipinski definition) is 5. The van der Waals surface area contributed by atoms with E-state index in [4.69, 9.17) is 15.9 Å². The fourth-order valence-electron chi connectivity index (χ4n) is 1.37. The molecule has 0 aromatic rings. The van der Waals surface area contributed by atoms with Crippen LogP contribution in [0.15, 0.2) is 0 Å². The van der Waals surface area contributed by atoms with Crippen molar-refractivity contribution in [3.05, 3.63) is 0 Å². The standard InChI is InChI=1S/C10H19N3O5/c1-10(2,5-7(11)15)13-9(18)12-6(3-4-14)8(16)17/h6,14H,3-5H2,1-2H3,(H2,11,15)(H,16,17)(H2,12,13,18)/t6-/m1/s1. The molecule has 0 unspecified atom stereocenters. The first-order valence-electron chi connectivity index (χ1n) is 5.38. The van der Waals surface area contributed by atoms with E-state index < -0.39 is 29.5 Å². The van der Waals surface area contributed by atoms with Crippen molar-refractivity contribution in [3.63, 3.8) is 0 Å². The van der Waals surface area contributed by atoms with E-state index in [9.17, 15) is 14.4 Å². The van der Waals surface area contributed by atoms with Gasteiger partial charge in [0.1, 0.15) is 6.04 Å². The molecule has 18 heavy (non-hydrogen) atoms. The Hall–Kier alpha value is -1.83. The minimum Gasteiger partial charge on any atom is -0.480 e. The third-order valence-corrected chi connectivity index (χ3v) is 2.09. The first-order valence-corrected chi connectivity index (χ1v) is 5.38. The average Bonchev–Trinajstić information content (AvgIpc) is 2.13. The quantitative estimate of drug-likeness (QED) is 0.390. The first-order chi connectivity index (χ1) is 8.18. The summed E-state index contributed by atoms with van der Waals surface area (Å²) in [5.41, 5.74) is 4.14. The van der Waals surface area contributed by atoms with Gasteiger partial charge in [0.05, 0.1) is 0 Å². The summed E-state index contributed by atoms with van der Waals surface area (Å²) in [4.78, 5) is 33.0. The molecule has 6 N–H and O–H groups in total. The second-order valence-electron chi connectivity index (χ2n) is 4.53. The fourth-order valence-corrected chi connectivity index (χ4v) is 1.37. The number of aliphatic hydroxyl groups is 1. The van der Waals surface area contributed by atoms with Crippen molar-refractivity contribution in [1.82, 2.24) is 10.6 Å². The second-order valence-corrected chi connectivity index (χ2v) is 4.53. The number of aliphatic hydroxyl groups excluding tert-OH is 1. The minimum atomic E-state index is -1.24. The van der Waals surface area contributed by atoms with E-state index in [-0.39, 0.29) is 19.4 Å². The third kappa shape index (κ3) is 6.69. The number of carbonyl (C=O) groups excluding carboxylic acids is 2. The van der Waals surface area contributed by atoms with Gasteiger partial charge in [-0.3, -0.25) is 4.79 Å². The monoisotopic (exact) mass is 261 g/mol. The van der Waals surface area contributed by atoms with Crippen LogP contribution in [0.2, 0.25) is 0 Å². The number of nitrogens with one attached hydrogen (secondary N) is 2. The summed E-state index contributed by atoms with van der Waals surface area (Å²) in [6.07, 6.45) is -0.169. The smallest absolute Gasteiger partial charge is 0.326 e. The van der Waals surface area contributed by atoms with E-state index in [0.29, 0.717) is 0 Å². The molecule has 3 amide bonds. The third-order valence-electron chi connectivity index (χ3n) is 2.09. The maximum Gasteiger partial charge on any atom is 0.326 e. The highest BCUT2D eigenvalue weighted by Crippen LogP contribution is 2.07. The van der Waals surface area contributed by atoms with Gasteiger partial charge in [0.25, 0.3) is 0 Å². The van der Waals surface area contributed by atoms with Gasteiger partial charge in [-0.2, -0.15) is 0 Å². The molecule has 8 nitrogen and oxygen atoms in total. The van der Waals surface area contributed by atoms with Crippen molar-refractivity contribution < 1.29 is 24.6 Å². The predicted octanol–water partition coefficient (Wildman–Crippen LogP) is -1.22.